The fourth-order valence-corrected chi connectivity index (χ4v) is 0. The first kappa shape index (κ1) is 15.6. The fourth-order valence-electron chi connectivity index (χ4n) is 0. The van der Waals surface area contributed by atoms with Gasteiger partial charge in [-0.3, -0.25) is 0 Å². The van der Waals surface area contributed by atoms with Gasteiger partial charge in [0, 0.05) is 21.1 Å². The van der Waals surface area contributed by atoms with E-state index in [4.69, 9.17) is 0 Å². The third kappa shape index (κ3) is 379. The van der Waals surface area contributed by atoms with Crippen LogP contribution in [0.15, 0.2) is 0 Å². The molecule has 7 heavy (non-hydrogen) atoms. The van der Waals surface area contributed by atoms with Crippen LogP contribution in [0, 0.1) is 0 Å². The Kier molecular flexibility index (Phi) is 68.3. The van der Waals surface area contributed by atoms with Crippen molar-refractivity contribution >= 4 is 0 Å². The van der Waals surface area contributed by atoms with Crippen LogP contribution < -0.4 is 0 Å². The van der Waals surface area contributed by atoms with E-state index in [1.165, 1.54) is 0 Å². The minimum Gasteiger partial charge on any atom is -0.668 e. The summed E-state index contributed by atoms with van der Waals surface area (Å²) in [7, 11) is 7.00. The summed E-state index contributed by atoms with van der Waals surface area (Å²) in [6.45, 7) is 0. The zero-order valence-corrected chi connectivity index (χ0v) is 8.24. The molecule has 0 fully saturated rings. The molecule has 0 unspecified atom stereocenters. The van der Waals surface area contributed by atoms with Crippen molar-refractivity contribution in [3.8, 4) is 0 Å². The summed E-state index contributed by atoms with van der Waals surface area (Å²) in [5, 5.41) is 7.00. The van der Waals surface area contributed by atoms with Gasteiger partial charge in [0.25, 0.3) is 0 Å². The summed E-state index contributed by atoms with van der Waals surface area (Å²) in [6.07, 6.45) is 0. The van der Waals surface area contributed by atoms with Gasteiger partial charge < -0.3 is 10.6 Å². The van der Waals surface area contributed by atoms with Gasteiger partial charge in [-0.15, -0.1) is 0 Å². The molecule has 46 valence electrons. The van der Waals surface area contributed by atoms with Crippen molar-refractivity contribution in [3.63, 3.8) is 0 Å². The predicted octanol–water partition coefficient (Wildman–Crippen LogP) is 1.24. The van der Waals surface area contributed by atoms with Gasteiger partial charge in [-0.1, -0.05) is 0 Å². The Labute approximate surface area is 60.3 Å². The van der Waals surface area contributed by atoms with E-state index in [1.54, 1.807) is 28.2 Å². The molecule has 2 nitrogen and oxygen atoms in total. The van der Waals surface area contributed by atoms with E-state index in [-0.39, 0.29) is 21.1 Å². The molecule has 0 radical (unpaired) electrons. The van der Waals surface area contributed by atoms with Gasteiger partial charge >= 0.3 is 0 Å². The van der Waals surface area contributed by atoms with Gasteiger partial charge in [0.05, 0.1) is 0 Å². The minimum atomic E-state index is 0. The Morgan fingerprint density at radius 2 is 0.714 bits per heavy atom. The molecule has 0 bridgehead atoms. The maximum Gasteiger partial charge on any atom is 0 e. The third-order valence-electron chi connectivity index (χ3n) is 0. The maximum atomic E-state index is 3.50. The Morgan fingerprint density at radius 3 is 0.714 bits per heavy atom. The SMILES string of the molecule is C[N-]C.C[N-]C.[W]. The second-order valence-electron chi connectivity index (χ2n) is 0.894. The second kappa shape index (κ2) is 30.6. The van der Waals surface area contributed by atoms with E-state index in [9.17, 15) is 0 Å². The maximum absolute atomic E-state index is 3.50. The zero-order valence-electron chi connectivity index (χ0n) is 5.30. The Balaban J connectivity index is -0.0000000400. The van der Waals surface area contributed by atoms with Crippen LogP contribution in [0.5, 0.6) is 0 Å². The second-order valence-corrected chi connectivity index (χ2v) is 0.894. The molecule has 0 N–H and O–H groups in total. The fraction of sp³-hybridized carbons (Fsp3) is 1.00. The van der Waals surface area contributed by atoms with Crippen molar-refractivity contribution in [2.45, 2.75) is 0 Å². The van der Waals surface area contributed by atoms with E-state index in [2.05, 4.69) is 10.6 Å². The largest absolute Gasteiger partial charge is 0.668 e. The number of hydrogen-bond acceptors (Lipinski definition) is 0. The summed E-state index contributed by atoms with van der Waals surface area (Å²) in [5.74, 6) is 0. The molecule has 0 spiro atoms. The summed E-state index contributed by atoms with van der Waals surface area (Å²) in [5.41, 5.74) is 0. The molecule has 0 aromatic rings. The van der Waals surface area contributed by atoms with Crippen molar-refractivity contribution in [3.05, 3.63) is 10.6 Å². The molecular weight excluding hydrogens is 260 g/mol. The molecule has 0 aliphatic rings. The van der Waals surface area contributed by atoms with Gasteiger partial charge in [-0.05, 0) is 0 Å². The molecule has 0 heterocycles. The summed E-state index contributed by atoms with van der Waals surface area (Å²) in [4.78, 5) is 0. The Hall–Kier alpha value is 0.608. The monoisotopic (exact) mass is 272 g/mol. The number of nitrogens with zero attached hydrogens (tertiary/aromatic N) is 2. The van der Waals surface area contributed by atoms with Crippen LogP contribution in [0.2, 0.25) is 0 Å². The average molecular weight is 272 g/mol. The van der Waals surface area contributed by atoms with E-state index in [1.807, 2.05) is 0 Å². The van der Waals surface area contributed by atoms with E-state index < -0.39 is 0 Å². The molecule has 0 saturated carbocycles. The average Bonchev–Trinajstić information content (AvgIpc) is 1.39. The minimum absolute atomic E-state index is 0. The van der Waals surface area contributed by atoms with Crippen molar-refractivity contribution in [1.82, 2.24) is 0 Å². The molecule has 0 aromatic heterocycles. The standard InChI is InChI=1S/2C2H6N.W/c2*1-3-2;/h2*1-2H3;/q2*-1;. The van der Waals surface area contributed by atoms with Gasteiger partial charge in [0.2, 0.25) is 0 Å². The number of rotatable bonds is 0. The van der Waals surface area contributed by atoms with Gasteiger partial charge in [0.1, 0.15) is 0 Å². The van der Waals surface area contributed by atoms with Crippen LogP contribution in [0.4, 0.5) is 0 Å². The Morgan fingerprint density at radius 1 is 0.714 bits per heavy atom. The summed E-state index contributed by atoms with van der Waals surface area (Å²) < 4.78 is 0. The molecule has 0 aromatic carbocycles. The van der Waals surface area contributed by atoms with Crippen molar-refractivity contribution in [2.24, 2.45) is 0 Å². The van der Waals surface area contributed by atoms with Crippen LogP contribution in [-0.4, -0.2) is 28.2 Å². The van der Waals surface area contributed by atoms with Gasteiger partial charge in [0.15, 0.2) is 0 Å². The van der Waals surface area contributed by atoms with E-state index in [0.717, 1.165) is 0 Å². The summed E-state index contributed by atoms with van der Waals surface area (Å²) >= 11 is 0. The van der Waals surface area contributed by atoms with E-state index in [0.29, 0.717) is 0 Å². The molecular formula is C4H12N2W-2. The van der Waals surface area contributed by atoms with Crippen molar-refractivity contribution < 1.29 is 21.1 Å². The molecule has 0 rings (SSSR count). The first-order valence-electron chi connectivity index (χ1n) is 1.79. The number of hydrogen-bond donors (Lipinski definition) is 0. The van der Waals surface area contributed by atoms with Crippen molar-refractivity contribution in [1.29, 1.82) is 0 Å². The molecule has 0 aliphatic carbocycles. The molecule has 0 saturated heterocycles. The zero-order chi connectivity index (χ0) is 5.41. The predicted molar refractivity (Wildman–Crippen MR) is 30.4 cm³/mol. The molecule has 3 heteroatoms. The van der Waals surface area contributed by atoms with Crippen LogP contribution in [0.1, 0.15) is 0 Å². The summed E-state index contributed by atoms with van der Waals surface area (Å²) in [6, 6.07) is 0. The first-order valence-corrected chi connectivity index (χ1v) is 1.79. The van der Waals surface area contributed by atoms with Crippen LogP contribution >= 0.6 is 0 Å². The van der Waals surface area contributed by atoms with Crippen molar-refractivity contribution in [2.75, 3.05) is 28.2 Å². The topological polar surface area (TPSA) is 28.2 Å². The molecule has 0 atom stereocenters. The Bertz CT molecular complexity index is 11.7. The van der Waals surface area contributed by atoms with Crippen LogP contribution in [-0.2, 0) is 21.1 Å². The first-order chi connectivity index (χ1) is 2.83. The molecule has 0 amide bonds. The van der Waals surface area contributed by atoms with Crippen LogP contribution in [0.3, 0.4) is 0 Å². The smallest absolute Gasteiger partial charge is 0 e. The molecule has 0 aliphatic heterocycles. The van der Waals surface area contributed by atoms with E-state index >= 15 is 0 Å². The van der Waals surface area contributed by atoms with Crippen LogP contribution in [0.25, 0.3) is 10.6 Å². The third-order valence-corrected chi connectivity index (χ3v) is 0. The van der Waals surface area contributed by atoms with Gasteiger partial charge in [-0.25, -0.2) is 0 Å². The normalized spacial score (nSPS) is 5.14. The quantitative estimate of drug-likeness (QED) is 0.634. The van der Waals surface area contributed by atoms with Gasteiger partial charge in [-0.2, -0.15) is 28.2 Å².